The second kappa shape index (κ2) is 7.81. The summed E-state index contributed by atoms with van der Waals surface area (Å²) in [6.45, 7) is 18.6. The highest BCUT2D eigenvalue weighted by Crippen LogP contribution is 2.24. The van der Waals surface area contributed by atoms with Crippen LogP contribution >= 0.6 is 0 Å². The van der Waals surface area contributed by atoms with Crippen LogP contribution in [0.5, 0.6) is 0 Å². The van der Waals surface area contributed by atoms with Crippen LogP contribution in [0.1, 0.15) is 46.5 Å². The molecule has 0 radical (unpaired) electrons. The lowest BCUT2D eigenvalue weighted by atomic mass is 9.93. The van der Waals surface area contributed by atoms with Gasteiger partial charge < -0.3 is 15.1 Å². The van der Waals surface area contributed by atoms with Crippen molar-refractivity contribution in [3.63, 3.8) is 0 Å². The molecule has 3 saturated heterocycles. The van der Waals surface area contributed by atoms with Crippen LogP contribution in [0.3, 0.4) is 0 Å². The largest absolute Gasteiger partial charge is 0.317 e. The van der Waals surface area contributed by atoms with Gasteiger partial charge in [0.1, 0.15) is 0 Å². The molecule has 0 amide bonds. The molecule has 0 spiro atoms. The average Bonchev–Trinajstić information content (AvgIpc) is 2.56. The molecule has 3 heterocycles. The van der Waals surface area contributed by atoms with Crippen molar-refractivity contribution in [1.29, 1.82) is 0 Å². The van der Waals surface area contributed by atoms with Crippen LogP contribution in [-0.4, -0.2) is 85.2 Å². The van der Waals surface area contributed by atoms with Gasteiger partial charge in [0.05, 0.1) is 0 Å². The van der Waals surface area contributed by atoms with E-state index in [0.717, 1.165) is 12.0 Å². The molecule has 0 unspecified atom stereocenters. The van der Waals surface area contributed by atoms with Crippen molar-refractivity contribution >= 4 is 0 Å². The maximum atomic E-state index is 3.49. The van der Waals surface area contributed by atoms with Gasteiger partial charge in [0, 0.05) is 44.3 Å². The fourth-order valence-corrected chi connectivity index (χ4v) is 4.64. The first-order valence-corrected chi connectivity index (χ1v) is 9.94. The van der Waals surface area contributed by atoms with Crippen molar-refractivity contribution < 1.29 is 0 Å². The van der Waals surface area contributed by atoms with Crippen molar-refractivity contribution in [1.82, 2.24) is 20.0 Å². The number of likely N-dealkylation sites (tertiary alicyclic amines) is 1. The van der Waals surface area contributed by atoms with Gasteiger partial charge in [-0.05, 0) is 78.6 Å². The Kier molecular flexibility index (Phi) is 6.00. The molecule has 23 heavy (non-hydrogen) atoms. The van der Waals surface area contributed by atoms with Gasteiger partial charge in [-0.1, -0.05) is 0 Å². The lowest BCUT2D eigenvalue weighted by Crippen LogP contribution is -2.54. The minimum Gasteiger partial charge on any atom is -0.317 e. The van der Waals surface area contributed by atoms with Gasteiger partial charge >= 0.3 is 0 Å². The van der Waals surface area contributed by atoms with Crippen LogP contribution in [0.2, 0.25) is 0 Å². The van der Waals surface area contributed by atoms with Gasteiger partial charge in [0.2, 0.25) is 0 Å². The molecule has 0 aliphatic carbocycles. The van der Waals surface area contributed by atoms with Crippen LogP contribution in [0.15, 0.2) is 0 Å². The summed E-state index contributed by atoms with van der Waals surface area (Å²) < 4.78 is 0. The van der Waals surface area contributed by atoms with Crippen molar-refractivity contribution in [2.45, 2.75) is 58.0 Å². The van der Waals surface area contributed by atoms with E-state index >= 15 is 0 Å². The van der Waals surface area contributed by atoms with E-state index < -0.39 is 0 Å². The van der Waals surface area contributed by atoms with Gasteiger partial charge in [-0.25, -0.2) is 0 Å². The van der Waals surface area contributed by atoms with Gasteiger partial charge in [0.25, 0.3) is 0 Å². The first kappa shape index (κ1) is 17.7. The lowest BCUT2D eigenvalue weighted by molar-refractivity contribution is 0.0426. The first-order valence-electron chi connectivity index (χ1n) is 9.94. The van der Waals surface area contributed by atoms with Crippen molar-refractivity contribution in [3.8, 4) is 0 Å². The summed E-state index contributed by atoms with van der Waals surface area (Å²) in [5.74, 6) is 0.939. The summed E-state index contributed by atoms with van der Waals surface area (Å²) in [5.41, 5.74) is 0.340. The molecule has 3 aliphatic rings. The first-order chi connectivity index (χ1) is 11.0. The van der Waals surface area contributed by atoms with E-state index in [-0.39, 0.29) is 0 Å². The predicted molar refractivity (Wildman–Crippen MR) is 98.0 cm³/mol. The molecule has 4 heteroatoms. The molecular formula is C19H38N4. The summed E-state index contributed by atoms with van der Waals surface area (Å²) in [6, 6.07) is 0.868. The van der Waals surface area contributed by atoms with Gasteiger partial charge in [-0.2, -0.15) is 0 Å². The van der Waals surface area contributed by atoms with E-state index in [2.05, 4.69) is 40.8 Å². The Balaban J connectivity index is 1.36. The Hall–Kier alpha value is -0.160. The Bertz CT molecular complexity index is 343. The van der Waals surface area contributed by atoms with Crippen molar-refractivity contribution in [2.24, 2.45) is 5.92 Å². The fraction of sp³-hybridized carbons (Fsp3) is 1.00. The van der Waals surface area contributed by atoms with Crippen molar-refractivity contribution in [3.05, 3.63) is 0 Å². The highest BCUT2D eigenvalue weighted by atomic mass is 15.3. The van der Waals surface area contributed by atoms with Crippen LogP contribution in [0.4, 0.5) is 0 Å². The predicted octanol–water partition coefficient (Wildman–Crippen LogP) is 1.87. The molecule has 0 bridgehead atoms. The van der Waals surface area contributed by atoms with Crippen molar-refractivity contribution in [2.75, 3.05) is 58.9 Å². The van der Waals surface area contributed by atoms with E-state index in [4.69, 9.17) is 0 Å². The number of hydrogen-bond acceptors (Lipinski definition) is 4. The zero-order chi connectivity index (χ0) is 16.3. The zero-order valence-corrected chi connectivity index (χ0v) is 15.7. The third-order valence-corrected chi connectivity index (χ3v) is 6.31. The number of nitrogens with zero attached hydrogens (tertiary/aromatic N) is 3. The summed E-state index contributed by atoms with van der Waals surface area (Å²) >= 11 is 0. The molecular weight excluding hydrogens is 284 g/mol. The SMILES string of the molecule is CC(C)(C)N1CCN(CC2CCN(C3CCNCC3)CC2)CC1. The third kappa shape index (κ3) is 4.91. The van der Waals surface area contributed by atoms with Gasteiger partial charge in [0.15, 0.2) is 0 Å². The van der Waals surface area contributed by atoms with Crippen LogP contribution < -0.4 is 5.32 Å². The summed E-state index contributed by atoms with van der Waals surface area (Å²) in [6.07, 6.45) is 5.56. The number of rotatable bonds is 3. The lowest BCUT2D eigenvalue weighted by Gasteiger charge is -2.44. The fourth-order valence-electron chi connectivity index (χ4n) is 4.64. The van der Waals surface area contributed by atoms with E-state index in [1.54, 1.807) is 0 Å². The summed E-state index contributed by atoms with van der Waals surface area (Å²) in [7, 11) is 0. The molecule has 3 aliphatic heterocycles. The van der Waals surface area contributed by atoms with E-state index in [9.17, 15) is 0 Å². The molecule has 3 fully saturated rings. The Morgan fingerprint density at radius 2 is 1.43 bits per heavy atom. The van der Waals surface area contributed by atoms with Crippen LogP contribution in [0.25, 0.3) is 0 Å². The molecule has 3 rings (SSSR count). The number of piperidine rings is 2. The minimum atomic E-state index is 0.340. The summed E-state index contributed by atoms with van der Waals surface area (Å²) in [5, 5.41) is 3.49. The maximum Gasteiger partial charge on any atom is 0.0126 e. The van der Waals surface area contributed by atoms with Gasteiger partial charge in [-0.15, -0.1) is 0 Å². The monoisotopic (exact) mass is 322 g/mol. The average molecular weight is 323 g/mol. The molecule has 0 aromatic carbocycles. The normalized spacial score (nSPS) is 28.3. The second-order valence-electron chi connectivity index (χ2n) is 8.92. The molecule has 0 aromatic rings. The molecule has 0 atom stereocenters. The Labute approximate surface area is 143 Å². The number of piperazine rings is 1. The number of hydrogen-bond donors (Lipinski definition) is 1. The molecule has 0 saturated carbocycles. The Morgan fingerprint density at radius 3 is 2.00 bits per heavy atom. The Morgan fingerprint density at radius 1 is 0.826 bits per heavy atom. The topological polar surface area (TPSA) is 21.8 Å². The number of nitrogens with one attached hydrogen (secondary N) is 1. The highest BCUT2D eigenvalue weighted by molar-refractivity contribution is 4.85. The summed E-state index contributed by atoms with van der Waals surface area (Å²) in [4.78, 5) is 8.16. The molecule has 0 aromatic heterocycles. The van der Waals surface area contributed by atoms with Gasteiger partial charge in [-0.3, -0.25) is 4.90 Å². The molecule has 4 nitrogen and oxygen atoms in total. The third-order valence-electron chi connectivity index (χ3n) is 6.31. The van der Waals surface area contributed by atoms with Crippen LogP contribution in [-0.2, 0) is 0 Å². The maximum absolute atomic E-state index is 3.49. The molecule has 134 valence electrons. The van der Waals surface area contributed by atoms with E-state index in [0.29, 0.717) is 5.54 Å². The highest BCUT2D eigenvalue weighted by Gasteiger charge is 2.29. The standard InChI is InChI=1S/C19H38N4/c1-19(2,3)23-14-12-21(13-15-23)16-17-6-10-22(11-7-17)18-4-8-20-9-5-18/h17-18,20H,4-16H2,1-3H3. The second-order valence-corrected chi connectivity index (χ2v) is 8.92. The van der Waals surface area contributed by atoms with Crippen LogP contribution in [0, 0.1) is 5.92 Å². The quantitative estimate of drug-likeness (QED) is 0.856. The zero-order valence-electron chi connectivity index (χ0n) is 15.7. The van der Waals surface area contributed by atoms with E-state index in [1.807, 2.05) is 0 Å². The molecule has 1 N–H and O–H groups in total. The minimum absolute atomic E-state index is 0.340. The van der Waals surface area contributed by atoms with E-state index in [1.165, 1.54) is 84.6 Å². The smallest absolute Gasteiger partial charge is 0.0126 e.